The molecule has 0 heterocycles. The Morgan fingerprint density at radius 2 is 1.89 bits per heavy atom. The molecule has 0 aliphatic carbocycles. The fourth-order valence-electron chi connectivity index (χ4n) is 1.43. The molecule has 0 radical (unpaired) electrons. The van der Waals surface area contributed by atoms with E-state index in [0.29, 0.717) is 5.56 Å². The van der Waals surface area contributed by atoms with Gasteiger partial charge >= 0.3 is 5.97 Å². The molecule has 0 aromatic heterocycles. The third-order valence-electron chi connectivity index (χ3n) is 2.96. The molecule has 0 bridgehead atoms. The molecule has 5 heteroatoms. The third kappa shape index (κ3) is 3.55. The Hall–Kier alpha value is -1.91. The number of hydrogen-bond acceptors (Lipinski definition) is 2. The second-order valence-corrected chi connectivity index (χ2v) is 4.22. The van der Waals surface area contributed by atoms with E-state index in [4.69, 9.17) is 5.11 Å². The molecule has 0 aliphatic heterocycles. The average molecular weight is 253 g/mol. The summed E-state index contributed by atoms with van der Waals surface area (Å²) in [5.74, 6) is -3.24. The fourth-order valence-corrected chi connectivity index (χ4v) is 1.43. The highest BCUT2D eigenvalue weighted by Crippen LogP contribution is 2.12. The fraction of sp³-hybridized carbons (Fsp3) is 0.385. The first-order chi connectivity index (χ1) is 8.43. The Balaban J connectivity index is 2.56. The van der Waals surface area contributed by atoms with Crippen molar-refractivity contribution in [3.05, 3.63) is 35.6 Å². The first-order valence-corrected chi connectivity index (χ1v) is 5.67. The second-order valence-electron chi connectivity index (χ2n) is 4.22. The van der Waals surface area contributed by atoms with Gasteiger partial charge in [0.05, 0.1) is 5.92 Å². The first kappa shape index (κ1) is 14.2. The number of carboxylic acid groups (broad SMARTS) is 1. The molecule has 1 aromatic rings. The lowest BCUT2D eigenvalue weighted by Crippen LogP contribution is -2.35. The summed E-state index contributed by atoms with van der Waals surface area (Å²) < 4.78 is 13.3. The molecular formula is C13H16FNO3. The minimum atomic E-state index is -1.02. The molecular weight excluding hydrogens is 237 g/mol. The zero-order chi connectivity index (χ0) is 13.7. The number of rotatable bonds is 5. The van der Waals surface area contributed by atoms with Gasteiger partial charge < -0.3 is 10.4 Å². The highest BCUT2D eigenvalue weighted by Gasteiger charge is 2.25. The van der Waals surface area contributed by atoms with Crippen molar-refractivity contribution in [1.82, 2.24) is 5.32 Å². The maximum atomic E-state index is 13.3. The molecule has 0 spiro atoms. The van der Waals surface area contributed by atoms with Crippen LogP contribution in [0.1, 0.15) is 19.4 Å². The zero-order valence-corrected chi connectivity index (χ0v) is 10.3. The van der Waals surface area contributed by atoms with Crippen LogP contribution in [0, 0.1) is 17.7 Å². The molecule has 0 aliphatic rings. The van der Waals surface area contributed by atoms with E-state index >= 15 is 0 Å². The average Bonchev–Trinajstić information content (AvgIpc) is 2.35. The molecule has 2 N–H and O–H groups in total. The molecule has 98 valence electrons. The lowest BCUT2D eigenvalue weighted by molar-refractivity contribution is -0.146. The second kappa shape index (κ2) is 6.14. The Labute approximate surface area is 105 Å². The molecule has 4 nitrogen and oxygen atoms in total. The number of carboxylic acids is 1. The van der Waals surface area contributed by atoms with Crippen molar-refractivity contribution in [2.24, 2.45) is 11.8 Å². The summed E-state index contributed by atoms with van der Waals surface area (Å²) in [5.41, 5.74) is 0.376. The number of amides is 1. The van der Waals surface area contributed by atoms with Gasteiger partial charge in [-0.05, 0) is 6.07 Å². The van der Waals surface area contributed by atoms with Crippen molar-refractivity contribution in [2.75, 3.05) is 0 Å². The van der Waals surface area contributed by atoms with Gasteiger partial charge in [-0.2, -0.15) is 0 Å². The molecule has 1 amide bonds. The molecule has 18 heavy (non-hydrogen) atoms. The molecule has 2 unspecified atom stereocenters. The van der Waals surface area contributed by atoms with E-state index in [1.54, 1.807) is 18.2 Å². The van der Waals surface area contributed by atoms with E-state index in [1.165, 1.54) is 19.9 Å². The summed E-state index contributed by atoms with van der Waals surface area (Å²) in [7, 11) is 0. The summed E-state index contributed by atoms with van der Waals surface area (Å²) in [6.45, 7) is 3.06. The summed E-state index contributed by atoms with van der Waals surface area (Å²) in [4.78, 5) is 22.4. The van der Waals surface area contributed by atoms with Crippen LogP contribution in [0.3, 0.4) is 0 Å². The number of nitrogens with one attached hydrogen (secondary N) is 1. The lowest BCUT2D eigenvalue weighted by Gasteiger charge is -2.15. The standard InChI is InChI=1S/C13H16FNO3/c1-8(9(2)13(17)18)12(16)15-7-10-5-3-4-6-11(10)14/h3-6,8-9H,7H2,1-2H3,(H,15,16)(H,17,18). The van der Waals surface area contributed by atoms with Crippen LogP contribution in [0.4, 0.5) is 4.39 Å². The van der Waals surface area contributed by atoms with Crippen LogP contribution in [0.25, 0.3) is 0 Å². The number of carbonyl (C=O) groups excluding carboxylic acids is 1. The maximum Gasteiger partial charge on any atom is 0.307 e. The summed E-state index contributed by atoms with van der Waals surface area (Å²) in [6, 6.07) is 6.12. The van der Waals surface area contributed by atoms with Gasteiger partial charge in [0, 0.05) is 18.0 Å². The van der Waals surface area contributed by atoms with Crippen LogP contribution in [0.5, 0.6) is 0 Å². The van der Waals surface area contributed by atoms with Crippen LogP contribution >= 0.6 is 0 Å². The third-order valence-corrected chi connectivity index (χ3v) is 2.96. The maximum absolute atomic E-state index is 13.3. The van der Waals surface area contributed by atoms with Gasteiger partial charge in [-0.1, -0.05) is 32.0 Å². The first-order valence-electron chi connectivity index (χ1n) is 5.67. The number of halogens is 1. The van der Waals surface area contributed by atoms with Crippen LogP contribution in [0.15, 0.2) is 24.3 Å². The minimum Gasteiger partial charge on any atom is -0.481 e. The summed E-state index contributed by atoms with van der Waals surface area (Å²) >= 11 is 0. The highest BCUT2D eigenvalue weighted by atomic mass is 19.1. The van der Waals surface area contributed by atoms with Gasteiger partial charge in [-0.3, -0.25) is 9.59 Å². The highest BCUT2D eigenvalue weighted by molar-refractivity contribution is 5.84. The minimum absolute atomic E-state index is 0.0577. The Morgan fingerprint density at radius 1 is 1.28 bits per heavy atom. The van der Waals surface area contributed by atoms with Gasteiger partial charge in [-0.15, -0.1) is 0 Å². The monoisotopic (exact) mass is 253 g/mol. The van der Waals surface area contributed by atoms with Crippen molar-refractivity contribution < 1.29 is 19.1 Å². The van der Waals surface area contributed by atoms with Crippen molar-refractivity contribution in [2.45, 2.75) is 20.4 Å². The molecule has 0 saturated carbocycles. The van der Waals surface area contributed by atoms with E-state index in [2.05, 4.69) is 5.32 Å². The smallest absolute Gasteiger partial charge is 0.307 e. The van der Waals surface area contributed by atoms with Gasteiger partial charge in [0.25, 0.3) is 0 Å². The molecule has 1 aromatic carbocycles. The SMILES string of the molecule is CC(C(=O)O)C(C)C(=O)NCc1ccccc1F. The van der Waals surface area contributed by atoms with Gasteiger partial charge in [-0.25, -0.2) is 4.39 Å². The largest absolute Gasteiger partial charge is 0.481 e. The molecule has 0 fully saturated rings. The normalized spacial score (nSPS) is 13.7. The van der Waals surface area contributed by atoms with E-state index in [0.717, 1.165) is 0 Å². The van der Waals surface area contributed by atoms with Crippen molar-refractivity contribution >= 4 is 11.9 Å². The van der Waals surface area contributed by atoms with Gasteiger partial charge in [0.15, 0.2) is 0 Å². The van der Waals surface area contributed by atoms with E-state index < -0.39 is 29.5 Å². The molecule has 2 atom stereocenters. The number of benzene rings is 1. The van der Waals surface area contributed by atoms with Crippen molar-refractivity contribution in [1.29, 1.82) is 0 Å². The van der Waals surface area contributed by atoms with Crippen molar-refractivity contribution in [3.8, 4) is 0 Å². The van der Waals surface area contributed by atoms with Gasteiger partial charge in [0.1, 0.15) is 5.82 Å². The predicted octanol–water partition coefficient (Wildman–Crippen LogP) is 1.80. The van der Waals surface area contributed by atoms with Crippen LogP contribution in [0.2, 0.25) is 0 Å². The number of hydrogen-bond donors (Lipinski definition) is 2. The Kier molecular flexibility index (Phi) is 4.83. The quantitative estimate of drug-likeness (QED) is 0.840. The Morgan fingerprint density at radius 3 is 2.44 bits per heavy atom. The van der Waals surface area contributed by atoms with Crippen LogP contribution < -0.4 is 5.32 Å². The van der Waals surface area contributed by atoms with Crippen LogP contribution in [-0.2, 0) is 16.1 Å². The Bertz CT molecular complexity index is 448. The number of carbonyl (C=O) groups is 2. The lowest BCUT2D eigenvalue weighted by atomic mass is 9.95. The van der Waals surface area contributed by atoms with E-state index in [-0.39, 0.29) is 6.54 Å². The zero-order valence-electron chi connectivity index (χ0n) is 10.3. The van der Waals surface area contributed by atoms with E-state index in [1.807, 2.05) is 0 Å². The van der Waals surface area contributed by atoms with Crippen LogP contribution in [-0.4, -0.2) is 17.0 Å². The topological polar surface area (TPSA) is 66.4 Å². The van der Waals surface area contributed by atoms with Crippen molar-refractivity contribution in [3.63, 3.8) is 0 Å². The van der Waals surface area contributed by atoms with Gasteiger partial charge in [0.2, 0.25) is 5.91 Å². The number of aliphatic carboxylic acids is 1. The summed E-state index contributed by atoms with van der Waals surface area (Å²) in [5, 5.41) is 11.3. The summed E-state index contributed by atoms with van der Waals surface area (Å²) in [6.07, 6.45) is 0. The molecule has 1 rings (SSSR count). The van der Waals surface area contributed by atoms with E-state index in [9.17, 15) is 14.0 Å². The predicted molar refractivity (Wildman–Crippen MR) is 64.2 cm³/mol. The molecule has 0 saturated heterocycles.